The van der Waals surface area contributed by atoms with Crippen LogP contribution in [0.2, 0.25) is 0 Å². The zero-order valence-corrected chi connectivity index (χ0v) is 15.1. The summed E-state index contributed by atoms with van der Waals surface area (Å²) in [5.41, 5.74) is 0. The van der Waals surface area contributed by atoms with E-state index in [1.165, 1.54) is 71.2 Å². The van der Waals surface area contributed by atoms with Crippen molar-refractivity contribution in [2.75, 3.05) is 46.3 Å². The maximum absolute atomic E-state index is 4.44. The average molecular weight is 322 g/mol. The monoisotopic (exact) mass is 321 g/mol. The van der Waals surface area contributed by atoms with Gasteiger partial charge in [-0.15, -0.1) is 0 Å². The van der Waals surface area contributed by atoms with Gasteiger partial charge in [0.2, 0.25) is 0 Å². The van der Waals surface area contributed by atoms with Gasteiger partial charge in [0.1, 0.15) is 0 Å². The summed E-state index contributed by atoms with van der Waals surface area (Å²) < 4.78 is 0. The van der Waals surface area contributed by atoms with Crippen molar-refractivity contribution in [3.63, 3.8) is 0 Å². The normalized spacial score (nSPS) is 31.1. The first-order valence-electron chi connectivity index (χ1n) is 9.72. The topological polar surface area (TPSA) is 42.9 Å². The van der Waals surface area contributed by atoms with Gasteiger partial charge in [0.05, 0.1) is 0 Å². The Bertz CT molecular complexity index is 391. The Labute approximate surface area is 141 Å². The van der Waals surface area contributed by atoms with Crippen LogP contribution in [-0.4, -0.2) is 74.2 Å². The number of hydrogen-bond donors (Lipinski definition) is 2. The molecule has 2 heterocycles. The van der Waals surface area contributed by atoms with Crippen LogP contribution in [0.5, 0.6) is 0 Å². The SMILES string of the molecule is CCN1CCC(CNC(=NC)NC2CCN(C3CCCC3)C2)C1. The molecule has 0 radical (unpaired) electrons. The summed E-state index contributed by atoms with van der Waals surface area (Å²) in [4.78, 5) is 9.68. The molecule has 3 rings (SSSR count). The van der Waals surface area contributed by atoms with E-state index in [1.54, 1.807) is 0 Å². The molecule has 3 aliphatic rings. The predicted molar refractivity (Wildman–Crippen MR) is 97.0 cm³/mol. The van der Waals surface area contributed by atoms with Crippen molar-refractivity contribution in [3.05, 3.63) is 0 Å². The molecule has 0 spiro atoms. The predicted octanol–water partition coefficient (Wildman–Crippen LogP) is 1.51. The number of nitrogens with one attached hydrogen (secondary N) is 2. The molecule has 5 nitrogen and oxygen atoms in total. The van der Waals surface area contributed by atoms with Crippen LogP contribution in [-0.2, 0) is 0 Å². The van der Waals surface area contributed by atoms with E-state index in [0.29, 0.717) is 6.04 Å². The third kappa shape index (κ3) is 4.60. The zero-order chi connectivity index (χ0) is 16.1. The summed E-state index contributed by atoms with van der Waals surface area (Å²) in [6, 6.07) is 1.42. The summed E-state index contributed by atoms with van der Waals surface area (Å²) in [7, 11) is 1.89. The number of nitrogens with zero attached hydrogens (tertiary/aromatic N) is 3. The molecular weight excluding hydrogens is 286 g/mol. The van der Waals surface area contributed by atoms with E-state index in [4.69, 9.17) is 0 Å². The van der Waals surface area contributed by atoms with Crippen LogP contribution in [0.4, 0.5) is 0 Å². The standard InChI is InChI=1S/C18H35N5/c1-3-22-10-8-15(13-22)12-20-18(19-2)21-16-9-11-23(14-16)17-6-4-5-7-17/h15-17H,3-14H2,1-2H3,(H2,19,20,21). The molecule has 0 bridgehead atoms. The van der Waals surface area contributed by atoms with Crippen molar-refractivity contribution in [1.82, 2.24) is 20.4 Å². The fourth-order valence-electron chi connectivity index (χ4n) is 4.50. The largest absolute Gasteiger partial charge is 0.356 e. The van der Waals surface area contributed by atoms with Gasteiger partial charge in [-0.2, -0.15) is 0 Å². The second-order valence-electron chi connectivity index (χ2n) is 7.56. The van der Waals surface area contributed by atoms with Crippen molar-refractivity contribution in [3.8, 4) is 0 Å². The Morgan fingerprint density at radius 1 is 1.09 bits per heavy atom. The molecule has 0 aromatic carbocycles. The number of guanidine groups is 1. The van der Waals surface area contributed by atoms with Gasteiger partial charge in [-0.3, -0.25) is 9.89 Å². The number of aliphatic imine (C=N–C) groups is 1. The Balaban J connectivity index is 1.38. The first-order valence-corrected chi connectivity index (χ1v) is 9.72. The summed E-state index contributed by atoms with van der Waals surface area (Å²) in [5.74, 6) is 1.77. The van der Waals surface area contributed by atoms with Crippen LogP contribution >= 0.6 is 0 Å². The van der Waals surface area contributed by atoms with Gasteiger partial charge in [0, 0.05) is 45.3 Å². The number of likely N-dealkylation sites (tertiary alicyclic amines) is 2. The minimum atomic E-state index is 0.567. The molecule has 1 saturated carbocycles. The van der Waals surface area contributed by atoms with Crippen LogP contribution in [0.25, 0.3) is 0 Å². The number of rotatable bonds is 5. The molecule has 0 amide bonds. The summed E-state index contributed by atoms with van der Waals surface area (Å²) in [6.07, 6.45) is 8.25. The maximum atomic E-state index is 4.44. The fourth-order valence-corrected chi connectivity index (χ4v) is 4.50. The summed E-state index contributed by atoms with van der Waals surface area (Å²) >= 11 is 0. The van der Waals surface area contributed by atoms with E-state index in [1.807, 2.05) is 7.05 Å². The van der Waals surface area contributed by atoms with Crippen molar-refractivity contribution < 1.29 is 0 Å². The smallest absolute Gasteiger partial charge is 0.191 e. The Morgan fingerprint density at radius 2 is 1.91 bits per heavy atom. The molecule has 2 aliphatic heterocycles. The molecule has 132 valence electrons. The highest BCUT2D eigenvalue weighted by Crippen LogP contribution is 2.26. The highest BCUT2D eigenvalue weighted by Gasteiger charge is 2.30. The van der Waals surface area contributed by atoms with Crippen LogP contribution < -0.4 is 10.6 Å². The molecule has 1 aliphatic carbocycles. The van der Waals surface area contributed by atoms with E-state index in [2.05, 4.69) is 32.3 Å². The van der Waals surface area contributed by atoms with Gasteiger partial charge >= 0.3 is 0 Å². The molecule has 2 saturated heterocycles. The summed E-state index contributed by atoms with van der Waals surface area (Å²) in [6.45, 7) is 9.43. The highest BCUT2D eigenvalue weighted by molar-refractivity contribution is 5.80. The molecule has 2 unspecified atom stereocenters. The van der Waals surface area contributed by atoms with Gasteiger partial charge in [0.25, 0.3) is 0 Å². The van der Waals surface area contributed by atoms with E-state index >= 15 is 0 Å². The van der Waals surface area contributed by atoms with Crippen molar-refractivity contribution in [2.45, 2.75) is 57.5 Å². The quantitative estimate of drug-likeness (QED) is 0.595. The zero-order valence-electron chi connectivity index (χ0n) is 15.1. The van der Waals surface area contributed by atoms with Gasteiger partial charge in [-0.25, -0.2) is 0 Å². The molecule has 3 fully saturated rings. The van der Waals surface area contributed by atoms with E-state index < -0.39 is 0 Å². The lowest BCUT2D eigenvalue weighted by molar-refractivity contribution is 0.242. The minimum Gasteiger partial charge on any atom is -0.356 e. The molecule has 0 aromatic heterocycles. The third-order valence-electron chi connectivity index (χ3n) is 6.00. The second-order valence-corrected chi connectivity index (χ2v) is 7.56. The first kappa shape index (κ1) is 17.0. The highest BCUT2D eigenvalue weighted by atomic mass is 15.3. The lowest BCUT2D eigenvalue weighted by atomic mass is 10.1. The number of hydrogen-bond acceptors (Lipinski definition) is 3. The van der Waals surface area contributed by atoms with E-state index in [0.717, 1.165) is 24.5 Å². The second kappa shape index (κ2) is 8.34. The fraction of sp³-hybridized carbons (Fsp3) is 0.944. The van der Waals surface area contributed by atoms with Crippen molar-refractivity contribution in [1.29, 1.82) is 0 Å². The van der Waals surface area contributed by atoms with Gasteiger partial charge in [-0.1, -0.05) is 19.8 Å². The van der Waals surface area contributed by atoms with Crippen molar-refractivity contribution >= 4 is 5.96 Å². The Hall–Kier alpha value is -0.810. The van der Waals surface area contributed by atoms with Crippen LogP contribution in [0.15, 0.2) is 4.99 Å². The molecule has 23 heavy (non-hydrogen) atoms. The Morgan fingerprint density at radius 3 is 2.61 bits per heavy atom. The lowest BCUT2D eigenvalue weighted by Crippen LogP contribution is -2.46. The Kier molecular flexibility index (Phi) is 6.17. The van der Waals surface area contributed by atoms with E-state index in [-0.39, 0.29) is 0 Å². The molecular formula is C18H35N5. The summed E-state index contributed by atoms with van der Waals surface area (Å²) in [5, 5.41) is 7.21. The van der Waals surface area contributed by atoms with Crippen LogP contribution in [0.3, 0.4) is 0 Å². The maximum Gasteiger partial charge on any atom is 0.191 e. The minimum absolute atomic E-state index is 0.567. The molecule has 0 aromatic rings. The van der Waals surface area contributed by atoms with Gasteiger partial charge in [0.15, 0.2) is 5.96 Å². The first-order chi connectivity index (χ1) is 11.3. The van der Waals surface area contributed by atoms with Crippen LogP contribution in [0, 0.1) is 5.92 Å². The van der Waals surface area contributed by atoms with Crippen LogP contribution in [0.1, 0.15) is 45.4 Å². The average Bonchev–Trinajstić information content (AvgIpc) is 3.31. The van der Waals surface area contributed by atoms with E-state index in [9.17, 15) is 0 Å². The molecule has 2 N–H and O–H groups in total. The lowest BCUT2D eigenvalue weighted by Gasteiger charge is -2.24. The van der Waals surface area contributed by atoms with Gasteiger partial charge in [-0.05, 0) is 44.7 Å². The molecule has 5 heteroatoms. The third-order valence-corrected chi connectivity index (χ3v) is 6.00. The molecule has 2 atom stereocenters. The van der Waals surface area contributed by atoms with Gasteiger partial charge < -0.3 is 15.5 Å². The van der Waals surface area contributed by atoms with Crippen molar-refractivity contribution in [2.24, 2.45) is 10.9 Å².